The summed E-state index contributed by atoms with van der Waals surface area (Å²) in [5.41, 5.74) is 5.60. The van der Waals surface area contributed by atoms with Gasteiger partial charge in [-0.3, -0.25) is 19.9 Å². The van der Waals surface area contributed by atoms with E-state index in [9.17, 15) is 25.6 Å². The zero-order chi connectivity index (χ0) is 46.6. The number of aryl methyl sites for hydroxylation is 1. The largest absolute Gasteiger partial charge is 0.487 e. The van der Waals surface area contributed by atoms with Crippen molar-refractivity contribution in [3.8, 4) is 17.6 Å². The van der Waals surface area contributed by atoms with Gasteiger partial charge in [0.05, 0.1) is 40.5 Å². The minimum absolute atomic E-state index is 0.00178. The highest BCUT2D eigenvalue weighted by Crippen LogP contribution is 2.62. The van der Waals surface area contributed by atoms with E-state index >= 15 is 4.79 Å². The predicted octanol–water partition coefficient (Wildman–Crippen LogP) is 9.14. The van der Waals surface area contributed by atoms with Crippen molar-refractivity contribution in [2.24, 2.45) is 22.9 Å². The van der Waals surface area contributed by atoms with E-state index in [0.29, 0.717) is 59.7 Å². The Labute approximate surface area is 386 Å². The number of pyridine rings is 1. The van der Waals surface area contributed by atoms with E-state index in [1.165, 1.54) is 12.1 Å². The van der Waals surface area contributed by atoms with Crippen LogP contribution in [0.15, 0.2) is 114 Å². The number of hydrogen-bond donors (Lipinski definition) is 2. The number of aromatic nitrogens is 1. The molecule has 4 aromatic rings. The molecular formula is C52H59N5O9. The Balaban J connectivity index is 1.42. The second-order valence-electron chi connectivity index (χ2n) is 17.2. The zero-order valence-electron chi connectivity index (χ0n) is 37.7. The zero-order valence-corrected chi connectivity index (χ0v) is 37.7. The number of benzene rings is 3. The van der Waals surface area contributed by atoms with Crippen LogP contribution < -0.4 is 9.47 Å². The monoisotopic (exact) mass is 897 g/mol. The molecule has 346 valence electrons. The van der Waals surface area contributed by atoms with Crippen LogP contribution in [-0.2, 0) is 22.8 Å². The number of oxime groups is 1. The Bertz CT molecular complexity index is 2430. The Kier molecular flexibility index (Phi) is 16.0. The lowest BCUT2D eigenvalue weighted by Crippen LogP contribution is -2.70. The van der Waals surface area contributed by atoms with E-state index in [2.05, 4.69) is 29.8 Å². The number of nitriles is 1. The number of ether oxygens (including phenoxy) is 3. The summed E-state index contributed by atoms with van der Waals surface area (Å²) in [7, 11) is 0. The highest BCUT2D eigenvalue weighted by Gasteiger charge is 2.65. The Morgan fingerprint density at radius 3 is 2.48 bits per heavy atom. The number of nitrogens with zero attached hydrogens (tertiary/aromatic N) is 5. The molecule has 14 nitrogen and oxygen atoms in total. The molecule has 6 unspecified atom stereocenters. The number of nitro benzene ring substituents is 1. The molecule has 1 saturated carbocycles. The average molecular weight is 898 g/mol. The number of unbranched alkanes of at least 4 members (excludes halogenated alkanes) is 2. The van der Waals surface area contributed by atoms with Gasteiger partial charge in [-0.1, -0.05) is 43.1 Å². The highest BCUT2D eigenvalue weighted by molar-refractivity contribution is 6.03. The lowest BCUT2D eigenvalue weighted by Gasteiger charge is -2.60. The molecule has 0 saturated heterocycles. The number of carbonyl (C=O) groups is 1. The summed E-state index contributed by atoms with van der Waals surface area (Å²) >= 11 is 0. The van der Waals surface area contributed by atoms with Crippen LogP contribution >= 0.6 is 0 Å². The standard InChI is InChI=1S/C52H59N5O9/c1-4-25-56(51(60)38-19-15-36(32-53)16-20-38)48-31-46(55-65-33-37-17-21-41(22-18-37)57(61)62)44-29-39(12-6-8-26-58)43(14-7-9-27-59)49-45-30-42(63-34-40-13-10-11-35(3)54-40)23-24-47(45)66-52(48,50(44)49)64-28-5-2/h5,10-11,13,15-24,29-30,39,43,48-50,58-59H,2,4,6-9,12,14,25-28,31,33-34H2,1,3H3. The van der Waals surface area contributed by atoms with Gasteiger partial charge in [0.2, 0.25) is 5.79 Å². The fourth-order valence-electron chi connectivity index (χ4n) is 9.97. The Hall–Kier alpha value is -6.40. The second kappa shape index (κ2) is 22.2. The number of hydrogen-bond acceptors (Lipinski definition) is 12. The van der Waals surface area contributed by atoms with E-state index in [1.54, 1.807) is 42.5 Å². The van der Waals surface area contributed by atoms with Crippen LogP contribution in [0.3, 0.4) is 0 Å². The summed E-state index contributed by atoms with van der Waals surface area (Å²) in [4.78, 5) is 38.6. The minimum atomic E-state index is -1.47. The molecule has 2 N–H and O–H groups in total. The Morgan fingerprint density at radius 1 is 1.05 bits per heavy atom. The Morgan fingerprint density at radius 2 is 1.80 bits per heavy atom. The summed E-state index contributed by atoms with van der Waals surface area (Å²) in [6.45, 7) is 8.85. The van der Waals surface area contributed by atoms with Gasteiger partial charge in [0.15, 0.2) is 0 Å². The van der Waals surface area contributed by atoms with E-state index in [0.717, 1.165) is 48.2 Å². The number of aliphatic hydroxyl groups excluding tert-OH is 2. The van der Waals surface area contributed by atoms with Crippen LogP contribution in [0.4, 0.5) is 5.69 Å². The van der Waals surface area contributed by atoms with Crippen molar-refractivity contribution in [2.75, 3.05) is 26.4 Å². The molecule has 1 aliphatic heterocycles. The van der Waals surface area contributed by atoms with Crippen molar-refractivity contribution in [2.45, 2.75) is 96.2 Å². The lowest BCUT2D eigenvalue weighted by molar-refractivity contribution is -0.384. The fourth-order valence-corrected chi connectivity index (χ4v) is 9.97. The second-order valence-corrected chi connectivity index (χ2v) is 17.2. The molecule has 1 aromatic heterocycles. The molecule has 6 atom stereocenters. The van der Waals surface area contributed by atoms with Crippen LogP contribution in [0.25, 0.3) is 0 Å². The number of non-ortho nitro benzene ring substituents is 1. The van der Waals surface area contributed by atoms with Crippen molar-refractivity contribution in [1.29, 1.82) is 5.26 Å². The molecule has 0 bridgehead atoms. The minimum Gasteiger partial charge on any atom is -0.487 e. The van der Waals surface area contributed by atoms with Gasteiger partial charge in [-0.2, -0.15) is 5.26 Å². The van der Waals surface area contributed by atoms with Gasteiger partial charge in [0.1, 0.15) is 30.8 Å². The van der Waals surface area contributed by atoms with Gasteiger partial charge < -0.3 is 34.2 Å². The fraction of sp³-hybridized carbons (Fsp3) is 0.423. The third-order valence-electron chi connectivity index (χ3n) is 12.9. The molecule has 1 fully saturated rings. The number of fused-ring (bicyclic) bond motifs is 2. The normalized spacial score (nSPS) is 22.2. The van der Waals surface area contributed by atoms with Gasteiger partial charge >= 0.3 is 0 Å². The number of carbonyl (C=O) groups excluding carboxylic acids is 1. The number of nitro groups is 1. The smallest absolute Gasteiger partial charge is 0.269 e. The van der Waals surface area contributed by atoms with Gasteiger partial charge in [-0.25, -0.2) is 0 Å². The first-order valence-electron chi connectivity index (χ1n) is 22.9. The number of allylic oxidation sites excluding steroid dienone is 1. The van der Waals surface area contributed by atoms with Crippen LogP contribution in [0.5, 0.6) is 11.5 Å². The maximum Gasteiger partial charge on any atom is 0.269 e. The summed E-state index contributed by atoms with van der Waals surface area (Å²) in [5.74, 6) is -1.28. The summed E-state index contributed by atoms with van der Waals surface area (Å²) in [5, 5.41) is 45.8. The summed E-state index contributed by atoms with van der Waals surface area (Å²) < 4.78 is 20.9. The average Bonchev–Trinajstić information content (AvgIpc) is 3.33. The maximum absolute atomic E-state index is 15.0. The molecule has 2 aliphatic carbocycles. The molecule has 2 heterocycles. The van der Waals surface area contributed by atoms with Crippen LogP contribution in [0, 0.1) is 46.1 Å². The van der Waals surface area contributed by atoms with Crippen molar-refractivity contribution in [3.05, 3.63) is 153 Å². The molecule has 7 rings (SSSR count). The third kappa shape index (κ3) is 10.5. The van der Waals surface area contributed by atoms with Gasteiger partial charge in [-0.15, -0.1) is 6.58 Å². The third-order valence-corrected chi connectivity index (χ3v) is 12.9. The van der Waals surface area contributed by atoms with Crippen molar-refractivity contribution in [3.63, 3.8) is 0 Å². The molecule has 14 heteroatoms. The maximum atomic E-state index is 15.0. The van der Waals surface area contributed by atoms with Gasteiger partial charge in [0, 0.05) is 61.1 Å². The van der Waals surface area contributed by atoms with E-state index in [1.807, 2.05) is 49.1 Å². The predicted molar refractivity (Wildman–Crippen MR) is 249 cm³/mol. The van der Waals surface area contributed by atoms with Gasteiger partial charge in [-0.05, 0) is 129 Å². The molecule has 0 radical (unpaired) electrons. The molecule has 0 spiro atoms. The highest BCUT2D eigenvalue weighted by atomic mass is 16.7. The van der Waals surface area contributed by atoms with E-state index < -0.39 is 22.7 Å². The number of rotatable bonds is 22. The van der Waals surface area contributed by atoms with Crippen molar-refractivity contribution in [1.82, 2.24) is 9.88 Å². The van der Waals surface area contributed by atoms with Crippen molar-refractivity contribution < 1.29 is 39.0 Å². The van der Waals surface area contributed by atoms with E-state index in [4.69, 9.17) is 24.2 Å². The molecular weight excluding hydrogens is 839 g/mol. The molecule has 3 aromatic carbocycles. The molecule has 3 aliphatic rings. The first kappa shape index (κ1) is 47.6. The molecule has 66 heavy (non-hydrogen) atoms. The van der Waals surface area contributed by atoms with Crippen LogP contribution in [0.2, 0.25) is 0 Å². The summed E-state index contributed by atoms with van der Waals surface area (Å²) in [6.07, 6.45) is 9.11. The number of aliphatic hydroxyl groups is 2. The quantitative estimate of drug-likeness (QED) is 0.0331. The first-order valence-corrected chi connectivity index (χ1v) is 22.9. The first-order chi connectivity index (χ1) is 32.1. The van der Waals surface area contributed by atoms with Crippen molar-refractivity contribution >= 4 is 17.3 Å². The van der Waals surface area contributed by atoms with Crippen LogP contribution in [-0.4, -0.2) is 74.8 Å². The van der Waals surface area contributed by atoms with Gasteiger partial charge in [0.25, 0.3) is 11.6 Å². The molecule has 1 amide bonds. The topological polar surface area (TPSA) is 190 Å². The summed E-state index contributed by atoms with van der Waals surface area (Å²) in [6, 6.07) is 25.8. The SMILES string of the molecule is C=CCOC12Oc3ccc(OCc4cccc(C)n4)cc3C3C(CCCCO)C(CCCCO)C=C(C(=NOCc4ccc([N+](=O)[O-])cc4)CC1N(CCC)C(=O)c1ccc(C#N)cc1)C32. The van der Waals surface area contributed by atoms with Crippen LogP contribution in [0.1, 0.15) is 103 Å². The lowest BCUT2D eigenvalue weighted by atomic mass is 9.55. The number of amides is 1. The van der Waals surface area contributed by atoms with E-state index in [-0.39, 0.29) is 68.8 Å².